The molecule has 0 radical (unpaired) electrons. The minimum atomic E-state index is -0.564. The monoisotopic (exact) mass is 438 g/mol. The maximum absolute atomic E-state index is 11.3. The lowest BCUT2D eigenvalue weighted by Crippen LogP contribution is -2.01. The molecule has 0 spiro atoms. The quantitative estimate of drug-likeness (QED) is 0.400. The van der Waals surface area contributed by atoms with E-state index in [4.69, 9.17) is 10.00 Å². The summed E-state index contributed by atoms with van der Waals surface area (Å²) in [7, 11) is 0. The number of hydrogen-bond acceptors (Lipinski definition) is 6. The summed E-state index contributed by atoms with van der Waals surface area (Å²) in [6, 6.07) is 14.0. The molecule has 8 heteroatoms. The number of aryl methyl sites for hydroxylation is 2. The number of pyridine rings is 1. The summed E-state index contributed by atoms with van der Waals surface area (Å²) in [5, 5.41) is 23.2. The number of rotatable bonds is 5. The van der Waals surface area contributed by atoms with Crippen molar-refractivity contribution in [1.82, 2.24) is 4.98 Å². The molecule has 0 bridgehead atoms. The Kier molecular flexibility index (Phi) is 5.57. The summed E-state index contributed by atoms with van der Waals surface area (Å²) in [6.45, 7) is 3.84. The summed E-state index contributed by atoms with van der Waals surface area (Å²) >= 11 is 3.44. The van der Waals surface area contributed by atoms with E-state index < -0.39 is 4.92 Å². The van der Waals surface area contributed by atoms with Crippen molar-refractivity contribution in [3.8, 4) is 17.6 Å². The maximum atomic E-state index is 11.3. The van der Waals surface area contributed by atoms with E-state index in [2.05, 4.69) is 26.2 Å². The molecule has 1 aromatic heterocycles. The summed E-state index contributed by atoms with van der Waals surface area (Å²) in [6.07, 6.45) is 1.32. The molecule has 2 aromatic carbocycles. The molecule has 3 rings (SSSR count). The highest BCUT2D eigenvalue weighted by Gasteiger charge is 2.18. The van der Waals surface area contributed by atoms with Crippen molar-refractivity contribution in [3.05, 3.63) is 79.9 Å². The molecule has 0 aliphatic carbocycles. The molecule has 0 amide bonds. The third-order valence-electron chi connectivity index (χ3n) is 3.95. The Morgan fingerprint density at radius 3 is 2.39 bits per heavy atom. The minimum Gasteiger partial charge on any atom is -0.453 e. The summed E-state index contributed by atoms with van der Waals surface area (Å²) in [4.78, 5) is 14.7. The lowest BCUT2D eigenvalue weighted by Gasteiger charge is -2.13. The van der Waals surface area contributed by atoms with Gasteiger partial charge in [0.15, 0.2) is 11.9 Å². The van der Waals surface area contributed by atoms with Crippen molar-refractivity contribution in [1.29, 1.82) is 5.26 Å². The fourth-order valence-electron chi connectivity index (χ4n) is 2.69. The molecule has 0 unspecified atom stereocenters. The molecule has 0 saturated carbocycles. The van der Waals surface area contributed by atoms with E-state index >= 15 is 0 Å². The van der Waals surface area contributed by atoms with Crippen LogP contribution in [-0.4, -0.2) is 9.91 Å². The fraction of sp³-hybridized carbons (Fsp3) is 0.100. The molecule has 0 atom stereocenters. The van der Waals surface area contributed by atoms with Gasteiger partial charge in [-0.15, -0.1) is 0 Å². The van der Waals surface area contributed by atoms with Gasteiger partial charge in [-0.05, 0) is 71.3 Å². The zero-order valence-corrected chi connectivity index (χ0v) is 16.6. The average Bonchev–Trinajstić information content (AvgIpc) is 2.65. The Labute approximate surface area is 169 Å². The maximum Gasteiger partial charge on any atom is 0.387 e. The number of benzene rings is 2. The van der Waals surface area contributed by atoms with Crippen molar-refractivity contribution >= 4 is 33.1 Å². The first-order valence-electron chi connectivity index (χ1n) is 8.23. The number of nitrogens with zero attached hydrogens (tertiary/aromatic N) is 3. The van der Waals surface area contributed by atoms with E-state index in [1.807, 2.05) is 32.0 Å². The predicted molar refractivity (Wildman–Crippen MR) is 109 cm³/mol. The first-order valence-corrected chi connectivity index (χ1v) is 9.03. The Morgan fingerprint density at radius 1 is 1.18 bits per heavy atom. The number of nitro groups is 1. The third kappa shape index (κ3) is 4.27. The van der Waals surface area contributed by atoms with E-state index in [9.17, 15) is 10.1 Å². The number of halogens is 1. The standard InChI is InChI=1S/C20H15BrN4O3/c1-12-7-15(21)8-13(2)19(12)28-17-9-18(20(23-11-17)25(26)27)24-16-5-3-14(10-22)4-6-16/h3-9,11,24H,1-2H3. The Hall–Kier alpha value is -3.44. The van der Waals surface area contributed by atoms with Gasteiger partial charge in [0.05, 0.1) is 11.6 Å². The lowest BCUT2D eigenvalue weighted by molar-refractivity contribution is -0.388. The van der Waals surface area contributed by atoms with Crippen molar-refractivity contribution in [3.63, 3.8) is 0 Å². The van der Waals surface area contributed by atoms with Crippen LogP contribution in [-0.2, 0) is 0 Å². The molecule has 0 fully saturated rings. The summed E-state index contributed by atoms with van der Waals surface area (Å²) in [5.41, 5.74) is 3.13. The van der Waals surface area contributed by atoms with Gasteiger partial charge in [0.25, 0.3) is 0 Å². The number of anilines is 2. The lowest BCUT2D eigenvalue weighted by atomic mass is 10.1. The molecule has 3 aromatic rings. The molecule has 0 aliphatic heterocycles. The largest absolute Gasteiger partial charge is 0.453 e. The molecule has 0 saturated heterocycles. The van der Waals surface area contributed by atoms with Gasteiger partial charge in [-0.2, -0.15) is 5.26 Å². The van der Waals surface area contributed by atoms with Crippen LogP contribution >= 0.6 is 15.9 Å². The Balaban J connectivity index is 1.95. The average molecular weight is 439 g/mol. The van der Waals surface area contributed by atoms with Crippen LogP contribution in [0.5, 0.6) is 11.5 Å². The molecule has 0 aliphatic rings. The number of aromatic nitrogens is 1. The number of nitrogens with one attached hydrogen (secondary N) is 1. The SMILES string of the molecule is Cc1cc(Br)cc(C)c1Oc1cnc([N+](=O)[O-])c(Nc2ccc(C#N)cc2)c1. The first-order chi connectivity index (χ1) is 13.4. The van der Waals surface area contributed by atoms with Crippen molar-refractivity contribution in [2.24, 2.45) is 0 Å². The van der Waals surface area contributed by atoms with E-state index in [0.717, 1.165) is 15.6 Å². The third-order valence-corrected chi connectivity index (χ3v) is 4.41. The zero-order chi connectivity index (χ0) is 20.3. The Bertz CT molecular complexity index is 1070. The van der Waals surface area contributed by atoms with Crippen LogP contribution in [0.25, 0.3) is 0 Å². The summed E-state index contributed by atoms with van der Waals surface area (Å²) < 4.78 is 6.90. The van der Waals surface area contributed by atoms with E-state index in [1.54, 1.807) is 24.3 Å². The topological polar surface area (TPSA) is 101 Å². The van der Waals surface area contributed by atoms with Crippen LogP contribution in [0.15, 0.2) is 53.1 Å². The molecular formula is C20H15BrN4O3. The number of ether oxygens (including phenoxy) is 1. The highest BCUT2D eigenvalue weighted by molar-refractivity contribution is 9.10. The fourth-order valence-corrected chi connectivity index (χ4v) is 3.38. The highest BCUT2D eigenvalue weighted by atomic mass is 79.9. The molecule has 1 heterocycles. The number of nitriles is 1. The van der Waals surface area contributed by atoms with Crippen LogP contribution in [0, 0.1) is 35.3 Å². The van der Waals surface area contributed by atoms with E-state index in [0.29, 0.717) is 22.7 Å². The van der Waals surface area contributed by atoms with Gasteiger partial charge in [-0.25, -0.2) is 0 Å². The van der Waals surface area contributed by atoms with Crippen LogP contribution in [0.1, 0.15) is 16.7 Å². The Morgan fingerprint density at radius 2 is 1.82 bits per heavy atom. The zero-order valence-electron chi connectivity index (χ0n) is 15.1. The van der Waals surface area contributed by atoms with Crippen LogP contribution in [0.4, 0.5) is 17.2 Å². The molecule has 28 heavy (non-hydrogen) atoms. The van der Waals surface area contributed by atoms with Gasteiger partial charge in [0.2, 0.25) is 0 Å². The predicted octanol–water partition coefficient (Wildman–Crippen LogP) is 5.78. The van der Waals surface area contributed by atoms with Gasteiger partial charge in [0, 0.05) is 16.2 Å². The van der Waals surface area contributed by atoms with Gasteiger partial charge in [-0.1, -0.05) is 15.9 Å². The molecule has 7 nitrogen and oxygen atoms in total. The van der Waals surface area contributed by atoms with Crippen molar-refractivity contribution < 1.29 is 9.66 Å². The van der Waals surface area contributed by atoms with Crippen molar-refractivity contribution in [2.45, 2.75) is 13.8 Å². The molecular weight excluding hydrogens is 424 g/mol. The smallest absolute Gasteiger partial charge is 0.387 e. The van der Waals surface area contributed by atoms with E-state index in [1.165, 1.54) is 12.3 Å². The normalized spacial score (nSPS) is 10.2. The van der Waals surface area contributed by atoms with Gasteiger partial charge >= 0.3 is 5.82 Å². The van der Waals surface area contributed by atoms with Crippen LogP contribution in [0.3, 0.4) is 0 Å². The molecule has 140 valence electrons. The second kappa shape index (κ2) is 8.06. The molecule has 1 N–H and O–H groups in total. The minimum absolute atomic E-state index is 0.194. The highest BCUT2D eigenvalue weighted by Crippen LogP contribution is 2.35. The second-order valence-corrected chi connectivity index (χ2v) is 7.00. The van der Waals surface area contributed by atoms with Gasteiger partial charge in [0.1, 0.15) is 11.4 Å². The number of hydrogen-bond donors (Lipinski definition) is 1. The van der Waals surface area contributed by atoms with Crippen molar-refractivity contribution in [2.75, 3.05) is 5.32 Å². The van der Waals surface area contributed by atoms with Crippen LogP contribution in [0.2, 0.25) is 0 Å². The second-order valence-electron chi connectivity index (χ2n) is 6.08. The van der Waals surface area contributed by atoms with Gasteiger partial charge < -0.3 is 20.2 Å². The summed E-state index contributed by atoms with van der Waals surface area (Å²) in [5.74, 6) is 0.722. The van der Waals surface area contributed by atoms with Crippen LogP contribution < -0.4 is 10.1 Å². The van der Waals surface area contributed by atoms with E-state index in [-0.39, 0.29) is 11.5 Å². The first kappa shape index (κ1) is 19.3. The van der Waals surface area contributed by atoms with Gasteiger partial charge in [-0.3, -0.25) is 0 Å².